The molecule has 0 aliphatic carbocycles. The van der Waals surface area contributed by atoms with Crippen LogP contribution in [0.2, 0.25) is 0 Å². The standard InChI is InChI=1S/C18H22N4O2/c1-14(17-11-19-8-9-20-17)21-15-7-10-22(12-15)18(23)13-24-16-5-3-2-4-6-16/h2-6,8-9,11,14-15,21H,7,10,12-13H2,1H3. The Hall–Kier alpha value is -2.47. The molecule has 1 N–H and O–H groups in total. The lowest BCUT2D eigenvalue weighted by Crippen LogP contribution is -2.38. The number of ether oxygens (including phenoxy) is 1. The van der Waals surface area contributed by atoms with Gasteiger partial charge in [0, 0.05) is 43.8 Å². The number of nitrogens with one attached hydrogen (secondary N) is 1. The summed E-state index contributed by atoms with van der Waals surface area (Å²) in [6, 6.07) is 9.78. The van der Waals surface area contributed by atoms with Crippen LogP contribution in [0, 0.1) is 0 Å². The number of hydrogen-bond acceptors (Lipinski definition) is 5. The summed E-state index contributed by atoms with van der Waals surface area (Å²) in [5.41, 5.74) is 0.912. The van der Waals surface area contributed by atoms with E-state index in [0.717, 1.165) is 24.4 Å². The number of nitrogens with zero attached hydrogens (tertiary/aromatic N) is 3. The summed E-state index contributed by atoms with van der Waals surface area (Å²) >= 11 is 0. The third-order valence-corrected chi connectivity index (χ3v) is 4.16. The predicted octanol–water partition coefficient (Wildman–Crippen LogP) is 1.81. The van der Waals surface area contributed by atoms with Gasteiger partial charge < -0.3 is 15.0 Å². The van der Waals surface area contributed by atoms with Crippen LogP contribution in [0.3, 0.4) is 0 Å². The van der Waals surface area contributed by atoms with Gasteiger partial charge in [0.2, 0.25) is 0 Å². The first-order valence-electron chi connectivity index (χ1n) is 8.20. The fraction of sp³-hybridized carbons (Fsp3) is 0.389. The number of carbonyl (C=O) groups is 1. The fourth-order valence-electron chi connectivity index (χ4n) is 2.85. The van der Waals surface area contributed by atoms with Gasteiger partial charge in [-0.15, -0.1) is 0 Å². The van der Waals surface area contributed by atoms with Gasteiger partial charge in [0.05, 0.1) is 5.69 Å². The largest absolute Gasteiger partial charge is 0.484 e. The Labute approximate surface area is 141 Å². The highest BCUT2D eigenvalue weighted by atomic mass is 16.5. The second-order valence-corrected chi connectivity index (χ2v) is 5.95. The number of benzene rings is 1. The number of para-hydroxylation sites is 1. The van der Waals surface area contributed by atoms with Gasteiger partial charge in [-0.1, -0.05) is 18.2 Å². The molecule has 0 saturated carbocycles. The average molecular weight is 326 g/mol. The van der Waals surface area contributed by atoms with Crippen molar-refractivity contribution in [3.63, 3.8) is 0 Å². The molecule has 6 heteroatoms. The predicted molar refractivity (Wildman–Crippen MR) is 90.5 cm³/mol. The van der Waals surface area contributed by atoms with Crippen LogP contribution in [0.1, 0.15) is 25.1 Å². The van der Waals surface area contributed by atoms with E-state index in [1.54, 1.807) is 18.6 Å². The van der Waals surface area contributed by atoms with Gasteiger partial charge in [-0.3, -0.25) is 14.8 Å². The van der Waals surface area contributed by atoms with Crippen LogP contribution in [0.4, 0.5) is 0 Å². The molecule has 0 bridgehead atoms. The Morgan fingerprint density at radius 3 is 2.96 bits per heavy atom. The van der Waals surface area contributed by atoms with Crippen molar-refractivity contribution in [3.8, 4) is 5.75 Å². The number of likely N-dealkylation sites (tertiary alicyclic amines) is 1. The number of carbonyl (C=O) groups excluding carboxylic acids is 1. The summed E-state index contributed by atoms with van der Waals surface area (Å²) in [7, 11) is 0. The number of aromatic nitrogens is 2. The molecule has 1 amide bonds. The first-order valence-corrected chi connectivity index (χ1v) is 8.20. The minimum absolute atomic E-state index is 0.0234. The first kappa shape index (κ1) is 16.4. The quantitative estimate of drug-likeness (QED) is 0.877. The van der Waals surface area contributed by atoms with E-state index in [0.29, 0.717) is 6.54 Å². The van der Waals surface area contributed by atoms with Crippen LogP contribution in [-0.4, -0.2) is 46.5 Å². The Morgan fingerprint density at radius 2 is 2.21 bits per heavy atom. The molecule has 2 atom stereocenters. The Kier molecular flexibility index (Phi) is 5.38. The molecule has 0 radical (unpaired) electrons. The van der Waals surface area contributed by atoms with Gasteiger partial charge in [0.25, 0.3) is 5.91 Å². The lowest BCUT2D eigenvalue weighted by molar-refractivity contribution is -0.132. The van der Waals surface area contributed by atoms with Crippen molar-refractivity contribution in [3.05, 3.63) is 54.6 Å². The average Bonchev–Trinajstić information content (AvgIpc) is 3.10. The van der Waals surface area contributed by atoms with Crippen LogP contribution in [0.25, 0.3) is 0 Å². The third-order valence-electron chi connectivity index (χ3n) is 4.16. The molecule has 1 aromatic carbocycles. The van der Waals surface area contributed by atoms with Crippen LogP contribution < -0.4 is 10.1 Å². The molecule has 1 aromatic heterocycles. The van der Waals surface area contributed by atoms with Crippen molar-refractivity contribution in [2.45, 2.75) is 25.4 Å². The lowest BCUT2D eigenvalue weighted by atomic mass is 10.2. The number of hydrogen-bond donors (Lipinski definition) is 1. The van der Waals surface area contributed by atoms with Crippen molar-refractivity contribution in [1.82, 2.24) is 20.2 Å². The van der Waals surface area contributed by atoms with Gasteiger partial charge in [0.15, 0.2) is 6.61 Å². The molecule has 2 unspecified atom stereocenters. The van der Waals surface area contributed by atoms with E-state index in [4.69, 9.17) is 4.74 Å². The van der Waals surface area contributed by atoms with Crippen molar-refractivity contribution in [2.24, 2.45) is 0 Å². The minimum atomic E-state index is 0.0234. The highest BCUT2D eigenvalue weighted by Crippen LogP contribution is 2.15. The van der Waals surface area contributed by atoms with E-state index in [1.807, 2.05) is 35.2 Å². The van der Waals surface area contributed by atoms with Crippen LogP contribution >= 0.6 is 0 Å². The molecular formula is C18H22N4O2. The van der Waals surface area contributed by atoms with Gasteiger partial charge in [-0.25, -0.2) is 0 Å². The van der Waals surface area contributed by atoms with Gasteiger partial charge >= 0.3 is 0 Å². The monoisotopic (exact) mass is 326 g/mol. The highest BCUT2D eigenvalue weighted by Gasteiger charge is 2.27. The zero-order valence-corrected chi connectivity index (χ0v) is 13.8. The smallest absolute Gasteiger partial charge is 0.260 e. The first-order chi connectivity index (χ1) is 11.7. The molecule has 0 spiro atoms. The maximum absolute atomic E-state index is 12.3. The number of amides is 1. The lowest BCUT2D eigenvalue weighted by Gasteiger charge is -2.20. The van der Waals surface area contributed by atoms with Crippen molar-refractivity contribution in [2.75, 3.05) is 19.7 Å². The second-order valence-electron chi connectivity index (χ2n) is 5.95. The Balaban J connectivity index is 1.45. The van der Waals surface area contributed by atoms with Gasteiger partial charge in [0.1, 0.15) is 5.75 Å². The van der Waals surface area contributed by atoms with E-state index >= 15 is 0 Å². The van der Waals surface area contributed by atoms with Crippen molar-refractivity contribution in [1.29, 1.82) is 0 Å². The fourth-order valence-corrected chi connectivity index (χ4v) is 2.85. The summed E-state index contributed by atoms with van der Waals surface area (Å²) in [6.07, 6.45) is 6.06. The molecule has 126 valence electrons. The molecular weight excluding hydrogens is 304 g/mol. The van der Waals surface area contributed by atoms with Crippen LogP contribution in [-0.2, 0) is 4.79 Å². The van der Waals surface area contributed by atoms with E-state index in [-0.39, 0.29) is 24.6 Å². The van der Waals surface area contributed by atoms with E-state index in [9.17, 15) is 4.79 Å². The normalized spacial score (nSPS) is 18.4. The van der Waals surface area contributed by atoms with E-state index in [1.165, 1.54) is 0 Å². The van der Waals surface area contributed by atoms with Crippen LogP contribution in [0.15, 0.2) is 48.9 Å². The maximum atomic E-state index is 12.3. The molecule has 1 saturated heterocycles. The van der Waals surface area contributed by atoms with E-state index in [2.05, 4.69) is 22.2 Å². The Bertz CT molecular complexity index is 651. The molecule has 1 aliphatic heterocycles. The number of rotatable bonds is 6. The minimum Gasteiger partial charge on any atom is -0.484 e. The molecule has 6 nitrogen and oxygen atoms in total. The zero-order valence-electron chi connectivity index (χ0n) is 13.8. The molecule has 2 heterocycles. The van der Waals surface area contributed by atoms with E-state index < -0.39 is 0 Å². The molecule has 24 heavy (non-hydrogen) atoms. The molecule has 1 aliphatic rings. The van der Waals surface area contributed by atoms with Crippen molar-refractivity contribution < 1.29 is 9.53 Å². The summed E-state index contributed by atoms with van der Waals surface area (Å²) < 4.78 is 5.54. The van der Waals surface area contributed by atoms with Gasteiger partial charge in [-0.05, 0) is 25.5 Å². The zero-order chi connectivity index (χ0) is 16.8. The summed E-state index contributed by atoms with van der Waals surface area (Å²) in [5.74, 6) is 0.742. The molecule has 3 rings (SSSR count). The molecule has 2 aromatic rings. The maximum Gasteiger partial charge on any atom is 0.260 e. The van der Waals surface area contributed by atoms with Crippen molar-refractivity contribution >= 4 is 5.91 Å². The highest BCUT2D eigenvalue weighted by molar-refractivity contribution is 5.78. The summed E-state index contributed by atoms with van der Waals surface area (Å²) in [5, 5.41) is 3.52. The third kappa shape index (κ3) is 4.29. The van der Waals surface area contributed by atoms with Gasteiger partial charge in [-0.2, -0.15) is 0 Å². The SMILES string of the molecule is CC(NC1CCN(C(=O)COc2ccccc2)C1)c1cnccn1. The summed E-state index contributed by atoms with van der Waals surface area (Å²) in [6.45, 7) is 3.59. The molecule has 1 fully saturated rings. The summed E-state index contributed by atoms with van der Waals surface area (Å²) in [4.78, 5) is 22.5. The van der Waals surface area contributed by atoms with Crippen LogP contribution in [0.5, 0.6) is 5.75 Å². The topological polar surface area (TPSA) is 67.4 Å². The second kappa shape index (κ2) is 7.88. The Morgan fingerprint density at radius 1 is 1.38 bits per heavy atom.